The number of hydrogen-bond donors (Lipinski definition) is 2. The van der Waals surface area contributed by atoms with Crippen molar-refractivity contribution in [3.8, 4) is 5.75 Å². The second kappa shape index (κ2) is 9.65. The van der Waals surface area contributed by atoms with Crippen LogP contribution in [-0.2, 0) is 4.79 Å². The zero-order valence-corrected chi connectivity index (χ0v) is 18.5. The Hall–Kier alpha value is -3.00. The third kappa shape index (κ3) is 6.03. The van der Waals surface area contributed by atoms with Crippen molar-refractivity contribution in [2.75, 3.05) is 11.9 Å². The molecule has 1 atom stereocenters. The lowest BCUT2D eigenvalue weighted by molar-refractivity contribution is -0.117. The molecule has 0 radical (unpaired) electrons. The summed E-state index contributed by atoms with van der Waals surface area (Å²) in [7, 11) is 0. The molecule has 3 rings (SSSR count). The van der Waals surface area contributed by atoms with Crippen LogP contribution >= 0.6 is 11.6 Å². The van der Waals surface area contributed by atoms with Crippen LogP contribution in [0.25, 0.3) is 0 Å². The Morgan fingerprint density at radius 2 is 2.03 bits per heavy atom. The van der Waals surface area contributed by atoms with Gasteiger partial charge in [0.1, 0.15) is 11.6 Å². The largest absolute Gasteiger partial charge is 0.487 e. The second-order valence-corrected chi connectivity index (χ2v) is 8.25. The van der Waals surface area contributed by atoms with Crippen molar-refractivity contribution in [1.82, 2.24) is 10.3 Å². The number of amides is 2. The normalized spacial score (nSPS) is 14.4. The number of anilines is 1. The summed E-state index contributed by atoms with van der Waals surface area (Å²) in [4.78, 5) is 28.6. The zero-order chi connectivity index (χ0) is 23.5. The average Bonchev–Trinajstić information content (AvgIpc) is 3.58. The molecule has 0 aliphatic heterocycles. The molecular formula is C23H24ClF2N3O3. The fourth-order valence-electron chi connectivity index (χ4n) is 2.82. The minimum atomic E-state index is -3.14. The lowest BCUT2D eigenvalue weighted by Gasteiger charge is -2.19. The minimum absolute atomic E-state index is 0.0235. The molecule has 1 aromatic carbocycles. The van der Waals surface area contributed by atoms with Crippen LogP contribution in [0.15, 0.2) is 48.7 Å². The van der Waals surface area contributed by atoms with Gasteiger partial charge in [0.25, 0.3) is 5.91 Å². The number of aromatic nitrogens is 1. The molecule has 2 N–H and O–H groups in total. The first kappa shape index (κ1) is 23.7. The van der Waals surface area contributed by atoms with E-state index in [-0.39, 0.29) is 34.1 Å². The van der Waals surface area contributed by atoms with E-state index in [1.54, 1.807) is 13.0 Å². The fourth-order valence-corrected chi connectivity index (χ4v) is 3.15. The van der Waals surface area contributed by atoms with E-state index in [0.29, 0.717) is 16.9 Å². The highest BCUT2D eigenvalue weighted by Crippen LogP contribution is 2.31. The number of hydrogen-bond acceptors (Lipinski definition) is 4. The van der Waals surface area contributed by atoms with E-state index < -0.39 is 18.6 Å². The number of nitrogens with zero attached hydrogens (tertiary/aromatic N) is 1. The van der Waals surface area contributed by atoms with Gasteiger partial charge in [0.15, 0.2) is 6.61 Å². The lowest BCUT2D eigenvalue weighted by atomic mass is 10.1. The first-order chi connectivity index (χ1) is 15.1. The molecule has 170 valence electrons. The van der Waals surface area contributed by atoms with Crippen LogP contribution in [-0.4, -0.2) is 29.3 Å². The smallest absolute Gasteiger partial charge is 0.302 e. The number of ether oxygens (including phenoxy) is 1. The Morgan fingerprint density at radius 3 is 2.66 bits per heavy atom. The van der Waals surface area contributed by atoms with Crippen LogP contribution < -0.4 is 15.4 Å². The Kier molecular flexibility index (Phi) is 7.13. The molecule has 6 nitrogen and oxygen atoms in total. The quantitative estimate of drug-likeness (QED) is 0.503. The van der Waals surface area contributed by atoms with E-state index >= 15 is 0 Å². The van der Waals surface area contributed by atoms with Crippen molar-refractivity contribution in [2.24, 2.45) is 5.92 Å². The molecule has 0 bridgehead atoms. The van der Waals surface area contributed by atoms with E-state index in [1.807, 2.05) is 0 Å². The van der Waals surface area contributed by atoms with Gasteiger partial charge in [0, 0.05) is 22.7 Å². The Balaban J connectivity index is 1.62. The van der Waals surface area contributed by atoms with E-state index in [4.69, 9.17) is 16.3 Å². The number of benzene rings is 1. The highest BCUT2D eigenvalue weighted by molar-refractivity contribution is 6.31. The summed E-state index contributed by atoms with van der Waals surface area (Å²) in [5, 5.41) is 5.79. The number of pyridine rings is 1. The second-order valence-electron chi connectivity index (χ2n) is 7.85. The maximum absolute atomic E-state index is 13.7. The molecule has 1 aliphatic carbocycles. The van der Waals surface area contributed by atoms with Crippen LogP contribution in [0.3, 0.4) is 0 Å². The molecule has 2 aromatic rings. The summed E-state index contributed by atoms with van der Waals surface area (Å²) in [5.41, 5.74) is 0.634. The molecule has 0 saturated heterocycles. The maximum Gasteiger partial charge on any atom is 0.302 e. The fraction of sp³-hybridized carbons (Fsp3) is 0.348. The van der Waals surface area contributed by atoms with Gasteiger partial charge >= 0.3 is 5.92 Å². The molecular weight excluding hydrogens is 440 g/mol. The third-order valence-corrected chi connectivity index (χ3v) is 5.38. The monoisotopic (exact) mass is 463 g/mol. The van der Waals surface area contributed by atoms with Gasteiger partial charge < -0.3 is 15.4 Å². The van der Waals surface area contributed by atoms with Gasteiger partial charge in [-0.3, -0.25) is 9.59 Å². The molecule has 1 fully saturated rings. The summed E-state index contributed by atoms with van der Waals surface area (Å²) < 4.78 is 32.4. The highest BCUT2D eigenvalue weighted by Gasteiger charge is 2.31. The van der Waals surface area contributed by atoms with Crippen LogP contribution in [0.5, 0.6) is 5.75 Å². The van der Waals surface area contributed by atoms with Gasteiger partial charge in [-0.15, -0.1) is 0 Å². The summed E-state index contributed by atoms with van der Waals surface area (Å²) >= 11 is 6.29. The summed E-state index contributed by atoms with van der Waals surface area (Å²) in [6.07, 6.45) is 3.18. The van der Waals surface area contributed by atoms with Gasteiger partial charge in [0.05, 0.1) is 6.04 Å². The van der Waals surface area contributed by atoms with Gasteiger partial charge in [-0.2, -0.15) is 8.78 Å². The van der Waals surface area contributed by atoms with Crippen molar-refractivity contribution >= 4 is 29.2 Å². The number of alkyl halides is 2. The van der Waals surface area contributed by atoms with Crippen molar-refractivity contribution in [2.45, 2.75) is 38.7 Å². The van der Waals surface area contributed by atoms with Crippen LogP contribution in [0.2, 0.25) is 5.02 Å². The molecule has 2 amide bonds. The van der Waals surface area contributed by atoms with Gasteiger partial charge in [-0.05, 0) is 62.1 Å². The predicted octanol–water partition coefficient (Wildman–Crippen LogP) is 5.16. The van der Waals surface area contributed by atoms with E-state index in [2.05, 4.69) is 22.2 Å². The molecule has 1 heterocycles. The van der Waals surface area contributed by atoms with Gasteiger partial charge in [-0.25, -0.2) is 4.98 Å². The Bertz CT molecular complexity index is 1040. The van der Waals surface area contributed by atoms with E-state index in [0.717, 1.165) is 12.8 Å². The number of rotatable bonds is 9. The number of halogens is 3. The van der Waals surface area contributed by atoms with Crippen LogP contribution in [0.4, 0.5) is 14.6 Å². The number of carbonyl (C=O) groups excluding carboxylic acids is 2. The standard InChI is InChI=1S/C23H24ClF2N3O3/c1-13(2)23(25,26)12-32-17-6-7-18(19(24)11-17)14(3)28-22(31)16-8-9-27-20(10-16)29-21(30)15-4-5-15/h6-11,14-15H,1,4-5,12H2,2-3H3,(H,28,31)(H,27,29,30). The number of nitrogens with one attached hydrogen (secondary N) is 2. The zero-order valence-electron chi connectivity index (χ0n) is 17.8. The lowest BCUT2D eigenvalue weighted by Crippen LogP contribution is -2.27. The van der Waals surface area contributed by atoms with Gasteiger partial charge in [0.2, 0.25) is 5.91 Å². The van der Waals surface area contributed by atoms with Crippen LogP contribution in [0.1, 0.15) is 48.7 Å². The first-order valence-electron chi connectivity index (χ1n) is 10.1. The molecule has 32 heavy (non-hydrogen) atoms. The predicted molar refractivity (Wildman–Crippen MR) is 118 cm³/mol. The highest BCUT2D eigenvalue weighted by atomic mass is 35.5. The van der Waals surface area contributed by atoms with Crippen molar-refractivity contribution in [1.29, 1.82) is 0 Å². The minimum Gasteiger partial charge on any atom is -0.487 e. The molecule has 1 unspecified atom stereocenters. The Labute approximate surface area is 190 Å². The number of carbonyl (C=O) groups is 2. The van der Waals surface area contributed by atoms with Crippen molar-refractivity contribution in [3.63, 3.8) is 0 Å². The van der Waals surface area contributed by atoms with Gasteiger partial charge in [-0.1, -0.05) is 24.2 Å². The molecule has 9 heteroatoms. The molecule has 1 saturated carbocycles. The van der Waals surface area contributed by atoms with Crippen molar-refractivity contribution in [3.05, 3.63) is 64.8 Å². The third-order valence-electron chi connectivity index (χ3n) is 5.05. The topological polar surface area (TPSA) is 80.3 Å². The summed E-state index contributed by atoms with van der Waals surface area (Å²) in [6, 6.07) is 7.11. The maximum atomic E-state index is 13.7. The first-order valence-corrected chi connectivity index (χ1v) is 10.5. The Morgan fingerprint density at radius 1 is 1.31 bits per heavy atom. The molecule has 1 aliphatic rings. The van der Waals surface area contributed by atoms with Crippen LogP contribution in [0, 0.1) is 5.92 Å². The molecule has 1 aromatic heterocycles. The van der Waals surface area contributed by atoms with E-state index in [1.165, 1.54) is 37.4 Å². The van der Waals surface area contributed by atoms with E-state index in [9.17, 15) is 18.4 Å². The summed E-state index contributed by atoms with van der Waals surface area (Å²) in [5.74, 6) is -3.10. The van der Waals surface area contributed by atoms with Crippen molar-refractivity contribution < 1.29 is 23.1 Å². The average molecular weight is 464 g/mol. The molecule has 0 spiro atoms. The summed E-state index contributed by atoms with van der Waals surface area (Å²) in [6.45, 7) is 5.39. The SMILES string of the molecule is C=C(C)C(F)(F)COc1ccc(C(C)NC(=O)c2ccnc(NC(=O)C3CC3)c2)c(Cl)c1.